The summed E-state index contributed by atoms with van der Waals surface area (Å²) in [5.41, 5.74) is 2.72. The van der Waals surface area contributed by atoms with Gasteiger partial charge in [0, 0.05) is 32.4 Å². The fourth-order valence-electron chi connectivity index (χ4n) is 3.83. The van der Waals surface area contributed by atoms with Gasteiger partial charge in [0.05, 0.1) is 24.0 Å². The Hall–Kier alpha value is -3.03. The summed E-state index contributed by atoms with van der Waals surface area (Å²) >= 11 is 0. The molecule has 8 heteroatoms. The number of carbonyl (C=O) groups excluding carboxylic acids is 1. The number of hydrogen-bond donors (Lipinski definition) is 1. The van der Waals surface area contributed by atoms with Gasteiger partial charge in [-0.2, -0.15) is 5.10 Å². The van der Waals surface area contributed by atoms with E-state index in [1.54, 1.807) is 4.90 Å². The summed E-state index contributed by atoms with van der Waals surface area (Å²) in [5, 5.41) is 8.03. The summed E-state index contributed by atoms with van der Waals surface area (Å²) in [6.45, 7) is 11.0. The van der Waals surface area contributed by atoms with Crippen LogP contribution in [0.5, 0.6) is 0 Å². The van der Waals surface area contributed by atoms with Crippen molar-refractivity contribution in [1.29, 1.82) is 0 Å². The van der Waals surface area contributed by atoms with Crippen molar-refractivity contribution in [2.75, 3.05) is 26.2 Å². The first-order valence-electron chi connectivity index (χ1n) is 10.4. The summed E-state index contributed by atoms with van der Waals surface area (Å²) in [5.74, 6) is 0.898. The zero-order chi connectivity index (χ0) is 21.3. The first kappa shape index (κ1) is 20.3. The van der Waals surface area contributed by atoms with E-state index in [1.165, 1.54) is 0 Å². The lowest BCUT2D eigenvalue weighted by molar-refractivity contribution is 0.0137. The van der Waals surface area contributed by atoms with Crippen LogP contribution in [0.3, 0.4) is 0 Å². The van der Waals surface area contributed by atoms with Gasteiger partial charge in [0.2, 0.25) is 0 Å². The Labute approximate surface area is 177 Å². The van der Waals surface area contributed by atoms with E-state index in [-0.39, 0.29) is 12.1 Å². The Morgan fingerprint density at radius 2 is 2.03 bits per heavy atom. The molecule has 1 saturated heterocycles. The highest BCUT2D eigenvalue weighted by molar-refractivity contribution is 5.82. The van der Waals surface area contributed by atoms with Crippen molar-refractivity contribution >= 4 is 12.1 Å². The minimum absolute atomic E-state index is 0.192. The fraction of sp³-hybridized carbons (Fsp3) is 0.500. The van der Waals surface area contributed by atoms with Crippen molar-refractivity contribution in [3.05, 3.63) is 47.8 Å². The number of aliphatic imine (C=N–C) groups is 1. The van der Waals surface area contributed by atoms with Crippen LogP contribution in [0.1, 0.15) is 32.0 Å². The highest BCUT2D eigenvalue weighted by Crippen LogP contribution is 2.20. The van der Waals surface area contributed by atoms with E-state index < -0.39 is 5.60 Å². The molecule has 1 unspecified atom stereocenters. The lowest BCUT2D eigenvalue weighted by Crippen LogP contribution is -2.57. The molecule has 1 amide bonds. The number of rotatable bonds is 3. The Bertz CT molecular complexity index is 945. The number of aromatic nitrogens is 2. The molecule has 1 aromatic heterocycles. The number of nitrogens with one attached hydrogen (secondary N) is 1. The molecule has 2 aromatic rings. The second-order valence-corrected chi connectivity index (χ2v) is 8.82. The SMILES string of the molecule is Cc1ccn(-c2ccccc2CNC2=NCC3CN(C(=O)OC(C)(C)C)CCN23)n1. The molecule has 1 atom stereocenters. The van der Waals surface area contributed by atoms with Gasteiger partial charge in [-0.05, 0) is 45.4 Å². The summed E-state index contributed by atoms with van der Waals surface area (Å²) in [6.07, 6.45) is 1.74. The van der Waals surface area contributed by atoms with Gasteiger partial charge in [-0.1, -0.05) is 18.2 Å². The average Bonchev–Trinajstić information content (AvgIpc) is 3.31. The molecule has 0 saturated carbocycles. The molecule has 160 valence electrons. The fourth-order valence-corrected chi connectivity index (χ4v) is 3.83. The van der Waals surface area contributed by atoms with Crippen molar-refractivity contribution in [3.8, 4) is 5.69 Å². The van der Waals surface area contributed by atoms with Gasteiger partial charge in [0.1, 0.15) is 5.60 Å². The van der Waals surface area contributed by atoms with Crippen molar-refractivity contribution in [1.82, 2.24) is 24.9 Å². The van der Waals surface area contributed by atoms with Crippen molar-refractivity contribution in [2.24, 2.45) is 4.99 Å². The minimum Gasteiger partial charge on any atom is -0.444 e. The topological polar surface area (TPSA) is 75.0 Å². The summed E-state index contributed by atoms with van der Waals surface area (Å²) in [6, 6.07) is 10.4. The first-order chi connectivity index (χ1) is 14.3. The maximum atomic E-state index is 12.4. The minimum atomic E-state index is -0.479. The van der Waals surface area contributed by atoms with Crippen LogP contribution in [0.25, 0.3) is 5.69 Å². The molecule has 3 heterocycles. The molecular weight excluding hydrogens is 380 g/mol. The van der Waals surface area contributed by atoms with E-state index in [1.807, 2.05) is 56.8 Å². The summed E-state index contributed by atoms with van der Waals surface area (Å²) in [7, 11) is 0. The maximum Gasteiger partial charge on any atom is 0.410 e. The third kappa shape index (κ3) is 4.42. The lowest BCUT2D eigenvalue weighted by Gasteiger charge is -2.39. The van der Waals surface area contributed by atoms with Gasteiger partial charge >= 0.3 is 6.09 Å². The lowest BCUT2D eigenvalue weighted by atomic mass is 10.1. The highest BCUT2D eigenvalue weighted by atomic mass is 16.6. The molecule has 1 aromatic carbocycles. The Kier molecular flexibility index (Phi) is 5.40. The molecule has 2 aliphatic heterocycles. The third-order valence-electron chi connectivity index (χ3n) is 5.26. The molecule has 30 heavy (non-hydrogen) atoms. The van der Waals surface area contributed by atoms with Crippen LogP contribution >= 0.6 is 0 Å². The predicted molar refractivity (Wildman–Crippen MR) is 116 cm³/mol. The van der Waals surface area contributed by atoms with Crippen LogP contribution in [0, 0.1) is 6.92 Å². The van der Waals surface area contributed by atoms with E-state index in [0.717, 1.165) is 29.4 Å². The zero-order valence-corrected chi connectivity index (χ0v) is 18.1. The molecule has 8 nitrogen and oxygen atoms in total. The van der Waals surface area contributed by atoms with Crippen molar-refractivity contribution in [2.45, 2.75) is 45.9 Å². The number of aryl methyl sites for hydroxylation is 1. The van der Waals surface area contributed by atoms with Crippen LogP contribution in [0.15, 0.2) is 41.5 Å². The van der Waals surface area contributed by atoms with Gasteiger partial charge in [0.15, 0.2) is 5.96 Å². The van der Waals surface area contributed by atoms with Crippen LogP contribution in [-0.4, -0.2) is 69.5 Å². The van der Waals surface area contributed by atoms with Crippen molar-refractivity contribution in [3.63, 3.8) is 0 Å². The average molecular weight is 411 g/mol. The summed E-state index contributed by atoms with van der Waals surface area (Å²) < 4.78 is 7.43. The largest absolute Gasteiger partial charge is 0.444 e. The molecule has 0 aliphatic carbocycles. The van der Waals surface area contributed by atoms with Crippen LogP contribution in [0.2, 0.25) is 0 Å². The number of guanidine groups is 1. The molecule has 0 spiro atoms. The van der Waals surface area contributed by atoms with Gasteiger partial charge in [-0.25, -0.2) is 9.48 Å². The Morgan fingerprint density at radius 1 is 1.23 bits per heavy atom. The summed E-state index contributed by atoms with van der Waals surface area (Å²) in [4.78, 5) is 21.2. The number of benzene rings is 1. The number of piperazine rings is 1. The van der Waals surface area contributed by atoms with Gasteiger partial charge in [-0.15, -0.1) is 0 Å². The van der Waals surface area contributed by atoms with Gasteiger partial charge in [0.25, 0.3) is 0 Å². The van der Waals surface area contributed by atoms with E-state index in [2.05, 4.69) is 27.4 Å². The Balaban J connectivity index is 1.37. The van der Waals surface area contributed by atoms with Crippen LogP contribution in [-0.2, 0) is 11.3 Å². The molecule has 2 aliphatic rings. The zero-order valence-electron chi connectivity index (χ0n) is 18.1. The molecule has 1 fully saturated rings. The van der Waals surface area contributed by atoms with Crippen LogP contribution < -0.4 is 5.32 Å². The first-order valence-corrected chi connectivity index (χ1v) is 10.4. The molecule has 1 N–H and O–H groups in total. The maximum absolute atomic E-state index is 12.4. The number of para-hydroxylation sites is 1. The second kappa shape index (κ2) is 8.01. The molecular formula is C22H30N6O2. The third-order valence-corrected chi connectivity index (χ3v) is 5.26. The van der Waals surface area contributed by atoms with E-state index in [0.29, 0.717) is 26.2 Å². The normalized spacial score (nSPS) is 18.8. The molecule has 0 bridgehead atoms. The number of fused-ring (bicyclic) bond motifs is 1. The highest BCUT2D eigenvalue weighted by Gasteiger charge is 2.36. The van der Waals surface area contributed by atoms with E-state index in [9.17, 15) is 4.79 Å². The van der Waals surface area contributed by atoms with Gasteiger partial charge < -0.3 is 19.9 Å². The number of carbonyl (C=O) groups is 1. The van der Waals surface area contributed by atoms with Crippen LogP contribution in [0.4, 0.5) is 4.79 Å². The van der Waals surface area contributed by atoms with Crippen molar-refractivity contribution < 1.29 is 9.53 Å². The van der Waals surface area contributed by atoms with Gasteiger partial charge in [-0.3, -0.25) is 4.99 Å². The smallest absolute Gasteiger partial charge is 0.410 e. The predicted octanol–water partition coefficient (Wildman–Crippen LogP) is 2.56. The Morgan fingerprint density at radius 3 is 2.77 bits per heavy atom. The van der Waals surface area contributed by atoms with E-state index >= 15 is 0 Å². The molecule has 4 rings (SSSR count). The standard InChI is InChI=1S/C22H30N6O2/c1-16-9-10-28(25-16)19-8-6-5-7-17(19)13-23-20-24-14-18-15-26(11-12-27(18)20)21(29)30-22(2,3)4/h5-10,18H,11-15H2,1-4H3,(H,23,24). The number of nitrogens with zero attached hydrogens (tertiary/aromatic N) is 5. The van der Waals surface area contributed by atoms with E-state index in [4.69, 9.17) is 9.73 Å². The number of ether oxygens (including phenoxy) is 1. The quantitative estimate of drug-likeness (QED) is 0.842. The second-order valence-electron chi connectivity index (χ2n) is 8.82. The molecule has 0 radical (unpaired) electrons. The number of amides is 1. The number of hydrogen-bond acceptors (Lipinski definition) is 6. The monoisotopic (exact) mass is 410 g/mol.